The zero-order valence-corrected chi connectivity index (χ0v) is 18.6. The molecule has 2 aromatic rings. The fourth-order valence-corrected chi connectivity index (χ4v) is 3.61. The number of amides is 2. The van der Waals surface area contributed by atoms with E-state index in [-0.39, 0.29) is 40.8 Å². The van der Waals surface area contributed by atoms with Crippen LogP contribution in [0.4, 0.5) is 11.6 Å². The Kier molecular flexibility index (Phi) is 7.27. The van der Waals surface area contributed by atoms with Gasteiger partial charge in [-0.3, -0.25) is 19.7 Å². The molecule has 2 amide bonds. The van der Waals surface area contributed by atoms with Gasteiger partial charge in [0, 0.05) is 13.0 Å². The van der Waals surface area contributed by atoms with Gasteiger partial charge in [-0.2, -0.15) is 0 Å². The van der Waals surface area contributed by atoms with Crippen LogP contribution in [0.25, 0.3) is 0 Å². The molecule has 1 fully saturated rings. The molecule has 1 aliphatic heterocycles. The molecule has 174 valence electrons. The second-order valence-corrected chi connectivity index (χ2v) is 7.30. The molecular weight excluding hydrogens is 432 g/mol. The predicted octanol–water partition coefficient (Wildman–Crippen LogP) is 2.89. The molecule has 0 atom stereocenters. The van der Waals surface area contributed by atoms with E-state index >= 15 is 0 Å². The average Bonchev–Trinajstić information content (AvgIpc) is 3.34. The number of ketones is 1. The normalized spacial score (nSPS) is 13.1. The zero-order chi connectivity index (χ0) is 24.1. The van der Waals surface area contributed by atoms with Crippen LogP contribution in [-0.4, -0.2) is 49.3 Å². The first-order valence-corrected chi connectivity index (χ1v) is 10.4. The summed E-state index contributed by atoms with van der Waals surface area (Å²) in [5, 5.41) is 2.35. The fourth-order valence-electron chi connectivity index (χ4n) is 3.61. The number of carbonyl (C=O) groups is 5. The highest BCUT2D eigenvalue weighted by Gasteiger charge is 2.29. The summed E-state index contributed by atoms with van der Waals surface area (Å²) in [5.41, 5.74) is 0.382. The molecule has 0 saturated carbocycles. The minimum Gasteiger partial charge on any atom is -0.462 e. The Bertz CT molecular complexity index is 1120. The van der Waals surface area contributed by atoms with Gasteiger partial charge in [0.2, 0.25) is 11.8 Å². The number of rotatable bonds is 8. The Labute approximate surface area is 189 Å². The Balaban J connectivity index is 1.73. The third kappa shape index (κ3) is 5.11. The highest BCUT2D eigenvalue weighted by atomic mass is 16.5. The Morgan fingerprint density at radius 1 is 1.09 bits per heavy atom. The lowest BCUT2D eigenvalue weighted by atomic mass is 10.1. The number of para-hydroxylation sites is 1. The van der Waals surface area contributed by atoms with Crippen LogP contribution >= 0.6 is 0 Å². The van der Waals surface area contributed by atoms with Crippen molar-refractivity contribution in [2.24, 2.45) is 0 Å². The van der Waals surface area contributed by atoms with Crippen molar-refractivity contribution in [2.45, 2.75) is 33.6 Å². The number of carbonyl (C=O) groups excluding carboxylic acids is 5. The standard InChI is InChI=1S/C23H24N2O8/c1-4-31-23(30)20-19(13(2)26)14(3)33-21(20)24-17(27)12-32-22(29)15-8-5-6-9-16(15)25-11-7-10-18(25)28/h5-6,8-9H,4,7,10-12H2,1-3H3,(H,24,27). The smallest absolute Gasteiger partial charge is 0.344 e. The van der Waals surface area contributed by atoms with Crippen molar-refractivity contribution >= 4 is 41.1 Å². The van der Waals surface area contributed by atoms with Crippen molar-refractivity contribution in [3.8, 4) is 0 Å². The van der Waals surface area contributed by atoms with E-state index in [2.05, 4.69) is 5.32 Å². The molecule has 1 N–H and O–H groups in total. The highest BCUT2D eigenvalue weighted by Crippen LogP contribution is 2.29. The first kappa shape index (κ1) is 23.7. The number of nitrogens with zero attached hydrogens (tertiary/aromatic N) is 1. The maximum absolute atomic E-state index is 12.6. The predicted molar refractivity (Wildman–Crippen MR) is 116 cm³/mol. The molecule has 0 bridgehead atoms. The topological polar surface area (TPSA) is 132 Å². The van der Waals surface area contributed by atoms with Gasteiger partial charge in [-0.05, 0) is 39.3 Å². The van der Waals surface area contributed by atoms with Crippen LogP contribution in [0.3, 0.4) is 0 Å². The van der Waals surface area contributed by atoms with E-state index in [1.54, 1.807) is 25.1 Å². The van der Waals surface area contributed by atoms with Crippen molar-refractivity contribution in [1.29, 1.82) is 0 Å². The number of nitrogens with one attached hydrogen (secondary N) is 1. The number of Topliss-reactive ketones (excluding diaryl/α,β-unsaturated/α-hetero) is 1. The number of anilines is 2. The zero-order valence-electron chi connectivity index (χ0n) is 18.6. The molecule has 10 heteroatoms. The van der Waals surface area contributed by atoms with E-state index in [0.29, 0.717) is 25.1 Å². The monoisotopic (exact) mass is 456 g/mol. The molecule has 1 saturated heterocycles. The number of hydrogen-bond acceptors (Lipinski definition) is 8. The minimum atomic E-state index is -0.823. The first-order valence-electron chi connectivity index (χ1n) is 10.4. The van der Waals surface area contributed by atoms with E-state index in [9.17, 15) is 24.0 Å². The van der Waals surface area contributed by atoms with Crippen LogP contribution in [0.2, 0.25) is 0 Å². The molecule has 0 spiro atoms. The number of ether oxygens (including phenoxy) is 2. The number of benzene rings is 1. The van der Waals surface area contributed by atoms with E-state index in [1.807, 2.05) is 0 Å². The average molecular weight is 456 g/mol. The third-order valence-corrected chi connectivity index (χ3v) is 4.99. The summed E-state index contributed by atoms with van der Waals surface area (Å²) >= 11 is 0. The summed E-state index contributed by atoms with van der Waals surface area (Å²) in [5.74, 6) is -3.04. The van der Waals surface area contributed by atoms with Crippen molar-refractivity contribution in [3.05, 3.63) is 46.7 Å². The molecule has 10 nitrogen and oxygen atoms in total. The Morgan fingerprint density at radius 3 is 2.45 bits per heavy atom. The number of hydrogen-bond donors (Lipinski definition) is 1. The lowest BCUT2D eigenvalue weighted by molar-refractivity contribution is -0.119. The molecular formula is C23H24N2O8. The second kappa shape index (κ2) is 10.1. The third-order valence-electron chi connectivity index (χ3n) is 4.99. The van der Waals surface area contributed by atoms with Crippen LogP contribution in [-0.2, 0) is 19.1 Å². The maximum Gasteiger partial charge on any atom is 0.344 e. The van der Waals surface area contributed by atoms with E-state index in [1.165, 1.54) is 24.8 Å². The maximum atomic E-state index is 12.6. The van der Waals surface area contributed by atoms with E-state index in [0.717, 1.165) is 0 Å². The number of aryl methyl sites for hydroxylation is 1. The Hall–Kier alpha value is -3.95. The molecule has 33 heavy (non-hydrogen) atoms. The van der Waals surface area contributed by atoms with Crippen LogP contribution in [0.5, 0.6) is 0 Å². The van der Waals surface area contributed by atoms with E-state index in [4.69, 9.17) is 13.9 Å². The summed E-state index contributed by atoms with van der Waals surface area (Å²) in [6, 6.07) is 6.48. The van der Waals surface area contributed by atoms with Gasteiger partial charge < -0.3 is 18.8 Å². The lowest BCUT2D eigenvalue weighted by Gasteiger charge is -2.18. The van der Waals surface area contributed by atoms with Gasteiger partial charge in [-0.15, -0.1) is 0 Å². The second-order valence-electron chi connectivity index (χ2n) is 7.30. The summed E-state index contributed by atoms with van der Waals surface area (Å²) < 4.78 is 15.5. The van der Waals surface area contributed by atoms with Crippen LogP contribution in [0, 0.1) is 6.92 Å². The van der Waals surface area contributed by atoms with Crippen molar-refractivity contribution in [1.82, 2.24) is 0 Å². The van der Waals surface area contributed by atoms with Crippen molar-refractivity contribution < 1.29 is 37.9 Å². The van der Waals surface area contributed by atoms with Crippen LogP contribution in [0.1, 0.15) is 63.5 Å². The van der Waals surface area contributed by atoms with Crippen LogP contribution < -0.4 is 10.2 Å². The molecule has 0 unspecified atom stereocenters. The van der Waals surface area contributed by atoms with Gasteiger partial charge in [0.15, 0.2) is 12.4 Å². The molecule has 1 aliphatic rings. The molecule has 3 rings (SSSR count). The summed E-state index contributed by atoms with van der Waals surface area (Å²) in [6.45, 7) is 4.21. The lowest BCUT2D eigenvalue weighted by Crippen LogP contribution is -2.27. The molecule has 1 aromatic heterocycles. The van der Waals surface area contributed by atoms with Gasteiger partial charge in [0.1, 0.15) is 11.3 Å². The molecule has 0 aliphatic carbocycles. The van der Waals surface area contributed by atoms with Gasteiger partial charge in [0.25, 0.3) is 5.91 Å². The largest absolute Gasteiger partial charge is 0.462 e. The summed E-state index contributed by atoms with van der Waals surface area (Å²) in [7, 11) is 0. The van der Waals surface area contributed by atoms with Gasteiger partial charge >= 0.3 is 11.9 Å². The first-order chi connectivity index (χ1) is 15.7. The number of furan rings is 1. The van der Waals surface area contributed by atoms with Gasteiger partial charge in [0.05, 0.1) is 23.4 Å². The van der Waals surface area contributed by atoms with Gasteiger partial charge in [-0.25, -0.2) is 9.59 Å². The number of esters is 2. The minimum absolute atomic E-state index is 0.00459. The Morgan fingerprint density at radius 2 is 1.82 bits per heavy atom. The highest BCUT2D eigenvalue weighted by molar-refractivity contribution is 6.11. The van der Waals surface area contributed by atoms with Crippen molar-refractivity contribution in [2.75, 3.05) is 30.0 Å². The molecule has 2 heterocycles. The van der Waals surface area contributed by atoms with E-state index < -0.39 is 30.2 Å². The van der Waals surface area contributed by atoms with Crippen LogP contribution in [0.15, 0.2) is 28.7 Å². The summed E-state index contributed by atoms with van der Waals surface area (Å²) in [4.78, 5) is 62.9. The molecule has 0 radical (unpaired) electrons. The van der Waals surface area contributed by atoms with Gasteiger partial charge in [-0.1, -0.05) is 12.1 Å². The quantitative estimate of drug-likeness (QED) is 0.474. The SMILES string of the molecule is CCOC(=O)c1c(NC(=O)COC(=O)c2ccccc2N2CCCC2=O)oc(C)c1C(C)=O. The fraction of sp³-hybridized carbons (Fsp3) is 0.348. The molecule has 1 aromatic carbocycles. The summed E-state index contributed by atoms with van der Waals surface area (Å²) in [6.07, 6.45) is 1.09. The van der Waals surface area contributed by atoms with Crippen molar-refractivity contribution in [3.63, 3.8) is 0 Å².